The maximum Gasteiger partial charge on any atom is 0.246 e. The van der Waals surface area contributed by atoms with Crippen LogP contribution in [0.3, 0.4) is 0 Å². The van der Waals surface area contributed by atoms with Crippen LogP contribution in [0.25, 0.3) is 0 Å². The van der Waals surface area contributed by atoms with Crippen LogP contribution in [0.1, 0.15) is 24.0 Å². The van der Waals surface area contributed by atoms with Crippen molar-refractivity contribution in [1.82, 2.24) is 4.90 Å². The first-order valence-electron chi connectivity index (χ1n) is 6.37. The number of hydrogen-bond donors (Lipinski definition) is 1. The minimum Gasteiger partial charge on any atom is -0.393 e. The summed E-state index contributed by atoms with van der Waals surface area (Å²) in [5.41, 5.74) is 2.01. The maximum absolute atomic E-state index is 11.9. The molecule has 0 aromatic heterocycles. The molecule has 1 saturated carbocycles. The van der Waals surface area contributed by atoms with Crippen molar-refractivity contribution in [3.05, 3.63) is 47.0 Å². The first-order valence-corrected chi connectivity index (χ1v) is 6.75. The summed E-state index contributed by atoms with van der Waals surface area (Å²) < 4.78 is 0. The van der Waals surface area contributed by atoms with Gasteiger partial charge in [0, 0.05) is 17.6 Å². The van der Waals surface area contributed by atoms with Crippen LogP contribution in [-0.4, -0.2) is 28.1 Å². The second-order valence-corrected chi connectivity index (χ2v) is 5.45. The van der Waals surface area contributed by atoms with Crippen molar-refractivity contribution in [3.63, 3.8) is 0 Å². The Bertz CT molecular complexity index is 495. The molecule has 0 aliphatic heterocycles. The van der Waals surface area contributed by atoms with Gasteiger partial charge in [-0.1, -0.05) is 30.3 Å². The van der Waals surface area contributed by atoms with Crippen molar-refractivity contribution in [2.24, 2.45) is 0 Å². The van der Waals surface area contributed by atoms with Crippen LogP contribution < -0.4 is 0 Å². The number of carbonyl (C=O) groups is 1. The Balaban J connectivity index is 2.15. The zero-order valence-corrected chi connectivity index (χ0v) is 11.7. The van der Waals surface area contributed by atoms with E-state index in [1.807, 2.05) is 25.1 Å². The molecule has 0 bridgehead atoms. The summed E-state index contributed by atoms with van der Waals surface area (Å²) in [5.74, 6) is -0.117. The largest absolute Gasteiger partial charge is 0.393 e. The quantitative estimate of drug-likeness (QED) is 0.861. The SMILES string of the molecule is C=CC(=O)N(Cc1ccc(C)cc1Cl)C1CC(O)C1. The van der Waals surface area contributed by atoms with E-state index in [2.05, 4.69) is 6.58 Å². The van der Waals surface area contributed by atoms with Crippen molar-refractivity contribution in [3.8, 4) is 0 Å². The molecular weight excluding hydrogens is 262 g/mol. The van der Waals surface area contributed by atoms with Gasteiger partial charge in [-0.05, 0) is 43.0 Å². The lowest BCUT2D eigenvalue weighted by molar-refractivity contribution is -0.133. The van der Waals surface area contributed by atoms with E-state index >= 15 is 0 Å². The molecule has 0 heterocycles. The monoisotopic (exact) mass is 279 g/mol. The van der Waals surface area contributed by atoms with Crippen LogP contribution in [0.4, 0.5) is 0 Å². The Hall–Kier alpha value is -1.32. The topological polar surface area (TPSA) is 40.5 Å². The molecule has 0 radical (unpaired) electrons. The Morgan fingerprint density at radius 1 is 1.58 bits per heavy atom. The van der Waals surface area contributed by atoms with Crippen molar-refractivity contribution >= 4 is 17.5 Å². The van der Waals surface area contributed by atoms with E-state index in [9.17, 15) is 9.90 Å². The average Bonchev–Trinajstić information content (AvgIpc) is 2.34. The number of hydrogen-bond acceptors (Lipinski definition) is 2. The molecule has 0 spiro atoms. The fraction of sp³-hybridized carbons (Fsp3) is 0.400. The van der Waals surface area contributed by atoms with Gasteiger partial charge in [0.2, 0.25) is 5.91 Å². The highest BCUT2D eigenvalue weighted by Gasteiger charge is 2.34. The smallest absolute Gasteiger partial charge is 0.246 e. The zero-order chi connectivity index (χ0) is 14.0. The van der Waals surface area contributed by atoms with Crippen LogP contribution >= 0.6 is 11.6 Å². The first-order chi connectivity index (χ1) is 9.01. The van der Waals surface area contributed by atoms with Gasteiger partial charge in [-0.15, -0.1) is 0 Å². The van der Waals surface area contributed by atoms with Crippen LogP contribution in [0.2, 0.25) is 5.02 Å². The predicted molar refractivity (Wildman–Crippen MR) is 76.0 cm³/mol. The number of aliphatic hydroxyl groups excluding tert-OH is 1. The van der Waals surface area contributed by atoms with Gasteiger partial charge in [0.1, 0.15) is 0 Å². The van der Waals surface area contributed by atoms with Gasteiger partial charge in [0.15, 0.2) is 0 Å². The lowest BCUT2D eigenvalue weighted by Crippen LogP contribution is -2.49. The Labute approximate surface area is 118 Å². The summed E-state index contributed by atoms with van der Waals surface area (Å²) in [6.07, 6.45) is 2.28. The average molecular weight is 280 g/mol. The number of aryl methyl sites for hydroxylation is 1. The van der Waals surface area contributed by atoms with E-state index in [0.717, 1.165) is 11.1 Å². The molecule has 4 heteroatoms. The Morgan fingerprint density at radius 2 is 2.26 bits per heavy atom. The second-order valence-electron chi connectivity index (χ2n) is 5.04. The zero-order valence-electron chi connectivity index (χ0n) is 11.0. The molecule has 3 nitrogen and oxygen atoms in total. The van der Waals surface area contributed by atoms with Crippen LogP contribution in [-0.2, 0) is 11.3 Å². The lowest BCUT2D eigenvalue weighted by Gasteiger charge is -2.40. The van der Waals surface area contributed by atoms with Crippen LogP contribution in [0.15, 0.2) is 30.9 Å². The second kappa shape index (κ2) is 5.76. The van der Waals surface area contributed by atoms with E-state index < -0.39 is 0 Å². The highest BCUT2D eigenvalue weighted by atomic mass is 35.5. The van der Waals surface area contributed by atoms with Gasteiger partial charge in [0.25, 0.3) is 0 Å². The highest BCUT2D eigenvalue weighted by Crippen LogP contribution is 2.29. The number of amides is 1. The normalized spacial score (nSPS) is 21.6. The molecule has 19 heavy (non-hydrogen) atoms. The minimum atomic E-state index is -0.293. The van der Waals surface area contributed by atoms with E-state index in [-0.39, 0.29) is 18.1 Å². The molecule has 1 amide bonds. The number of carbonyl (C=O) groups excluding carboxylic acids is 1. The van der Waals surface area contributed by atoms with Gasteiger partial charge in [-0.3, -0.25) is 4.79 Å². The van der Waals surface area contributed by atoms with Crippen molar-refractivity contribution in [2.45, 2.75) is 38.5 Å². The fourth-order valence-electron chi connectivity index (χ4n) is 2.28. The van der Waals surface area contributed by atoms with Crippen LogP contribution in [0.5, 0.6) is 0 Å². The van der Waals surface area contributed by atoms with Gasteiger partial charge >= 0.3 is 0 Å². The Kier molecular flexibility index (Phi) is 4.27. The van der Waals surface area contributed by atoms with E-state index in [0.29, 0.717) is 24.4 Å². The third kappa shape index (κ3) is 3.17. The summed E-state index contributed by atoms with van der Waals surface area (Å²) in [7, 11) is 0. The molecule has 1 aromatic rings. The third-order valence-electron chi connectivity index (χ3n) is 3.54. The standard InChI is InChI=1S/C15H18ClNO2/c1-3-15(19)17(12-7-13(18)8-12)9-11-5-4-10(2)6-14(11)16/h3-6,12-13,18H,1,7-9H2,2H3. The van der Waals surface area contributed by atoms with Gasteiger partial charge in [0.05, 0.1) is 6.10 Å². The fourth-order valence-corrected chi connectivity index (χ4v) is 2.58. The van der Waals surface area contributed by atoms with Gasteiger partial charge in [-0.25, -0.2) is 0 Å². The summed E-state index contributed by atoms with van der Waals surface area (Å²) in [6.45, 7) is 5.97. The molecule has 1 aromatic carbocycles. The summed E-state index contributed by atoms with van der Waals surface area (Å²) >= 11 is 6.20. The molecule has 1 N–H and O–H groups in total. The first kappa shape index (κ1) is 14.1. The van der Waals surface area contributed by atoms with Gasteiger partial charge < -0.3 is 10.0 Å². The lowest BCUT2D eigenvalue weighted by atomic mass is 9.87. The van der Waals surface area contributed by atoms with E-state index in [4.69, 9.17) is 11.6 Å². The summed E-state index contributed by atoms with van der Waals surface area (Å²) in [6, 6.07) is 5.89. The minimum absolute atomic E-state index is 0.0814. The van der Waals surface area contributed by atoms with Crippen molar-refractivity contribution in [1.29, 1.82) is 0 Å². The maximum atomic E-state index is 11.9. The summed E-state index contributed by atoms with van der Waals surface area (Å²) in [4.78, 5) is 13.7. The van der Waals surface area contributed by atoms with Crippen LogP contribution in [0, 0.1) is 6.92 Å². The van der Waals surface area contributed by atoms with Gasteiger partial charge in [-0.2, -0.15) is 0 Å². The number of benzene rings is 1. The molecule has 0 atom stereocenters. The number of aliphatic hydroxyl groups is 1. The van der Waals surface area contributed by atoms with Crippen molar-refractivity contribution in [2.75, 3.05) is 0 Å². The highest BCUT2D eigenvalue weighted by molar-refractivity contribution is 6.31. The molecule has 1 aliphatic carbocycles. The molecule has 0 saturated heterocycles. The van der Waals surface area contributed by atoms with E-state index in [1.165, 1.54) is 6.08 Å². The van der Waals surface area contributed by atoms with Crippen molar-refractivity contribution < 1.29 is 9.90 Å². The molecular formula is C15H18ClNO2. The number of halogens is 1. The van der Waals surface area contributed by atoms with E-state index in [1.54, 1.807) is 4.90 Å². The Morgan fingerprint density at radius 3 is 2.79 bits per heavy atom. The molecule has 102 valence electrons. The summed E-state index contributed by atoms with van der Waals surface area (Å²) in [5, 5.41) is 10.1. The number of nitrogens with zero attached hydrogens (tertiary/aromatic N) is 1. The molecule has 2 rings (SSSR count). The molecule has 1 aliphatic rings. The number of rotatable bonds is 4. The molecule has 1 fully saturated rings. The predicted octanol–water partition coefficient (Wildman–Crippen LogP) is 2.69. The third-order valence-corrected chi connectivity index (χ3v) is 3.89. The molecule has 0 unspecified atom stereocenters.